The SMILES string of the molecule is CCOc1ccccc1C(NC(C)C)C(=O)OC. The molecular weight excluding hydrogens is 230 g/mol. The van der Waals surface area contributed by atoms with Gasteiger partial charge < -0.3 is 9.47 Å². The second-order valence-corrected chi connectivity index (χ2v) is 4.25. The van der Waals surface area contributed by atoms with Crippen molar-refractivity contribution in [3.8, 4) is 5.75 Å². The second kappa shape index (κ2) is 7.01. The highest BCUT2D eigenvalue weighted by Gasteiger charge is 2.24. The predicted molar refractivity (Wildman–Crippen MR) is 70.6 cm³/mol. The van der Waals surface area contributed by atoms with E-state index in [-0.39, 0.29) is 12.0 Å². The Morgan fingerprint density at radius 1 is 1.33 bits per heavy atom. The Morgan fingerprint density at radius 2 is 2.00 bits per heavy atom. The third-order valence-corrected chi connectivity index (χ3v) is 2.47. The molecule has 0 radical (unpaired) electrons. The first-order valence-corrected chi connectivity index (χ1v) is 6.15. The Kier molecular flexibility index (Phi) is 5.65. The first-order valence-electron chi connectivity index (χ1n) is 6.15. The van der Waals surface area contributed by atoms with Crippen LogP contribution in [0, 0.1) is 0 Å². The molecule has 0 bridgehead atoms. The fourth-order valence-electron chi connectivity index (χ4n) is 1.74. The maximum Gasteiger partial charge on any atom is 0.327 e. The Labute approximate surface area is 108 Å². The number of hydrogen-bond donors (Lipinski definition) is 1. The number of methoxy groups -OCH3 is 1. The standard InChI is InChI=1S/C14H21NO3/c1-5-18-12-9-7-6-8-11(12)13(14(16)17-4)15-10(2)3/h6-10,13,15H,5H2,1-4H3. The highest BCUT2D eigenvalue weighted by Crippen LogP contribution is 2.26. The van der Waals surface area contributed by atoms with Crippen molar-refractivity contribution in [3.05, 3.63) is 29.8 Å². The van der Waals surface area contributed by atoms with Gasteiger partial charge in [0.1, 0.15) is 11.8 Å². The average molecular weight is 251 g/mol. The molecule has 1 rings (SSSR count). The van der Waals surface area contributed by atoms with E-state index in [4.69, 9.17) is 9.47 Å². The molecule has 1 N–H and O–H groups in total. The summed E-state index contributed by atoms with van der Waals surface area (Å²) in [5.74, 6) is 0.402. The average Bonchev–Trinajstić information content (AvgIpc) is 2.36. The van der Waals surface area contributed by atoms with Crippen molar-refractivity contribution in [1.29, 1.82) is 0 Å². The van der Waals surface area contributed by atoms with Crippen LogP contribution in [-0.2, 0) is 9.53 Å². The minimum atomic E-state index is -0.502. The lowest BCUT2D eigenvalue weighted by atomic mass is 10.0. The van der Waals surface area contributed by atoms with Crippen molar-refractivity contribution in [1.82, 2.24) is 5.32 Å². The Balaban J connectivity index is 3.07. The van der Waals surface area contributed by atoms with Crippen LogP contribution in [-0.4, -0.2) is 25.7 Å². The van der Waals surface area contributed by atoms with E-state index in [1.807, 2.05) is 45.0 Å². The van der Waals surface area contributed by atoms with Crippen molar-refractivity contribution in [2.75, 3.05) is 13.7 Å². The highest BCUT2D eigenvalue weighted by molar-refractivity contribution is 5.78. The summed E-state index contributed by atoms with van der Waals surface area (Å²) >= 11 is 0. The van der Waals surface area contributed by atoms with E-state index in [2.05, 4.69) is 5.32 Å². The Morgan fingerprint density at radius 3 is 2.56 bits per heavy atom. The summed E-state index contributed by atoms with van der Waals surface area (Å²) in [6.45, 7) is 6.45. The van der Waals surface area contributed by atoms with Gasteiger partial charge in [0.2, 0.25) is 0 Å². The molecule has 0 saturated carbocycles. The van der Waals surface area contributed by atoms with E-state index in [0.717, 1.165) is 5.56 Å². The molecule has 0 aliphatic heterocycles. The largest absolute Gasteiger partial charge is 0.494 e. The van der Waals surface area contributed by atoms with Crippen LogP contribution in [0.2, 0.25) is 0 Å². The predicted octanol–water partition coefficient (Wildman–Crippen LogP) is 2.30. The normalized spacial score (nSPS) is 12.3. The molecule has 18 heavy (non-hydrogen) atoms. The Bertz CT molecular complexity index is 390. The van der Waals surface area contributed by atoms with Crippen molar-refractivity contribution in [3.63, 3.8) is 0 Å². The molecular formula is C14H21NO3. The van der Waals surface area contributed by atoms with Gasteiger partial charge in [-0.25, -0.2) is 4.79 Å². The number of nitrogens with one attached hydrogen (secondary N) is 1. The molecule has 1 aromatic rings. The monoisotopic (exact) mass is 251 g/mol. The number of carbonyl (C=O) groups is 1. The molecule has 0 aliphatic carbocycles. The molecule has 1 aromatic carbocycles. The van der Waals surface area contributed by atoms with E-state index in [1.54, 1.807) is 0 Å². The maximum atomic E-state index is 11.9. The lowest BCUT2D eigenvalue weighted by molar-refractivity contribution is -0.143. The van der Waals surface area contributed by atoms with Gasteiger partial charge in [0.25, 0.3) is 0 Å². The van der Waals surface area contributed by atoms with Gasteiger partial charge in [-0.2, -0.15) is 0 Å². The summed E-state index contributed by atoms with van der Waals surface area (Å²) in [7, 11) is 1.39. The maximum absolute atomic E-state index is 11.9. The smallest absolute Gasteiger partial charge is 0.327 e. The van der Waals surface area contributed by atoms with Crippen LogP contribution in [0.5, 0.6) is 5.75 Å². The van der Waals surface area contributed by atoms with E-state index in [9.17, 15) is 4.79 Å². The van der Waals surface area contributed by atoms with Crippen LogP contribution >= 0.6 is 0 Å². The van der Waals surface area contributed by atoms with Gasteiger partial charge in [-0.15, -0.1) is 0 Å². The number of para-hydroxylation sites is 1. The quantitative estimate of drug-likeness (QED) is 0.788. The summed E-state index contributed by atoms with van der Waals surface area (Å²) in [4.78, 5) is 11.9. The van der Waals surface area contributed by atoms with Crippen LogP contribution < -0.4 is 10.1 Å². The molecule has 0 heterocycles. The molecule has 0 amide bonds. The third kappa shape index (κ3) is 3.74. The molecule has 100 valence electrons. The minimum absolute atomic E-state index is 0.170. The summed E-state index contributed by atoms with van der Waals surface area (Å²) < 4.78 is 10.4. The topological polar surface area (TPSA) is 47.6 Å². The van der Waals surface area contributed by atoms with Crippen LogP contribution in [0.3, 0.4) is 0 Å². The van der Waals surface area contributed by atoms with E-state index in [0.29, 0.717) is 12.4 Å². The molecule has 1 unspecified atom stereocenters. The fraction of sp³-hybridized carbons (Fsp3) is 0.500. The number of ether oxygens (including phenoxy) is 2. The van der Waals surface area contributed by atoms with Gasteiger partial charge in [-0.05, 0) is 26.8 Å². The van der Waals surface area contributed by atoms with Crippen molar-refractivity contribution in [2.24, 2.45) is 0 Å². The van der Waals surface area contributed by atoms with E-state index >= 15 is 0 Å². The lowest BCUT2D eigenvalue weighted by Gasteiger charge is -2.21. The zero-order chi connectivity index (χ0) is 13.5. The zero-order valence-corrected chi connectivity index (χ0v) is 11.4. The molecule has 0 fully saturated rings. The second-order valence-electron chi connectivity index (χ2n) is 4.25. The van der Waals surface area contributed by atoms with Gasteiger partial charge in [0.05, 0.1) is 13.7 Å². The summed E-state index contributed by atoms with van der Waals surface area (Å²) in [6, 6.07) is 7.17. The van der Waals surface area contributed by atoms with Crippen LogP contribution in [0.15, 0.2) is 24.3 Å². The fourth-order valence-corrected chi connectivity index (χ4v) is 1.74. The van der Waals surface area contributed by atoms with E-state index < -0.39 is 6.04 Å². The van der Waals surface area contributed by atoms with Crippen LogP contribution in [0.4, 0.5) is 0 Å². The zero-order valence-electron chi connectivity index (χ0n) is 11.4. The first kappa shape index (κ1) is 14.5. The Hall–Kier alpha value is -1.55. The number of benzene rings is 1. The summed E-state index contributed by atoms with van der Waals surface area (Å²) in [5.41, 5.74) is 0.805. The lowest BCUT2D eigenvalue weighted by Crippen LogP contribution is -2.34. The molecule has 0 saturated heterocycles. The molecule has 0 spiro atoms. The minimum Gasteiger partial charge on any atom is -0.494 e. The van der Waals surface area contributed by atoms with Crippen LogP contribution in [0.25, 0.3) is 0 Å². The summed E-state index contributed by atoms with van der Waals surface area (Å²) in [5, 5.41) is 3.19. The van der Waals surface area contributed by atoms with Crippen molar-refractivity contribution < 1.29 is 14.3 Å². The van der Waals surface area contributed by atoms with Gasteiger partial charge in [-0.3, -0.25) is 5.32 Å². The number of esters is 1. The van der Waals surface area contributed by atoms with Gasteiger partial charge in [0.15, 0.2) is 0 Å². The first-order chi connectivity index (χ1) is 8.60. The van der Waals surface area contributed by atoms with Gasteiger partial charge >= 0.3 is 5.97 Å². The van der Waals surface area contributed by atoms with Crippen molar-refractivity contribution in [2.45, 2.75) is 32.9 Å². The number of hydrogen-bond acceptors (Lipinski definition) is 4. The number of carbonyl (C=O) groups excluding carboxylic acids is 1. The molecule has 4 heteroatoms. The third-order valence-electron chi connectivity index (χ3n) is 2.47. The molecule has 4 nitrogen and oxygen atoms in total. The number of rotatable bonds is 6. The summed E-state index contributed by atoms with van der Waals surface area (Å²) in [6.07, 6.45) is 0. The van der Waals surface area contributed by atoms with Crippen LogP contribution in [0.1, 0.15) is 32.4 Å². The van der Waals surface area contributed by atoms with E-state index in [1.165, 1.54) is 7.11 Å². The van der Waals surface area contributed by atoms with Crippen molar-refractivity contribution >= 4 is 5.97 Å². The molecule has 0 aliphatic rings. The highest BCUT2D eigenvalue weighted by atomic mass is 16.5. The molecule has 1 atom stereocenters. The van der Waals surface area contributed by atoms with Gasteiger partial charge in [-0.1, -0.05) is 18.2 Å². The van der Waals surface area contributed by atoms with Gasteiger partial charge in [0, 0.05) is 11.6 Å². The molecule has 0 aromatic heterocycles.